The number of amides is 1. The Hall–Kier alpha value is -1.28. The Bertz CT molecular complexity index is 518. The molecule has 1 saturated heterocycles. The second-order valence-electron chi connectivity index (χ2n) is 5.47. The summed E-state index contributed by atoms with van der Waals surface area (Å²) in [5.74, 6) is -0.340. The summed E-state index contributed by atoms with van der Waals surface area (Å²) in [5.41, 5.74) is -0.954. The van der Waals surface area contributed by atoms with Crippen LogP contribution in [-0.4, -0.2) is 28.3 Å². The number of aromatic nitrogens is 2. The molecule has 0 aromatic carbocycles. The maximum Gasteiger partial charge on any atom is 0.435 e. The van der Waals surface area contributed by atoms with Crippen LogP contribution in [0.5, 0.6) is 0 Å². The molecule has 0 bridgehead atoms. The normalized spacial score (nSPS) is 22.0. The lowest BCUT2D eigenvalue weighted by Crippen LogP contribution is -2.42. The number of alkyl halides is 3. The fourth-order valence-electron chi connectivity index (χ4n) is 2.60. The van der Waals surface area contributed by atoms with E-state index in [9.17, 15) is 18.0 Å². The van der Waals surface area contributed by atoms with E-state index < -0.39 is 11.9 Å². The van der Waals surface area contributed by atoms with Gasteiger partial charge in [0.2, 0.25) is 5.91 Å². The van der Waals surface area contributed by atoms with Gasteiger partial charge in [-0.2, -0.15) is 18.3 Å². The van der Waals surface area contributed by atoms with E-state index in [-0.39, 0.29) is 42.4 Å². The molecular weight excluding hydrogens is 321 g/mol. The number of rotatable bonds is 3. The number of piperidine rings is 1. The van der Waals surface area contributed by atoms with Gasteiger partial charge < -0.3 is 10.6 Å². The van der Waals surface area contributed by atoms with Crippen molar-refractivity contribution in [3.8, 4) is 0 Å². The fourth-order valence-corrected chi connectivity index (χ4v) is 2.60. The van der Waals surface area contributed by atoms with Crippen molar-refractivity contribution in [2.45, 2.75) is 38.5 Å². The summed E-state index contributed by atoms with van der Waals surface area (Å²) >= 11 is 0. The van der Waals surface area contributed by atoms with Crippen LogP contribution in [-0.2, 0) is 24.6 Å². The van der Waals surface area contributed by atoms with Crippen molar-refractivity contribution in [1.29, 1.82) is 0 Å². The first-order valence-corrected chi connectivity index (χ1v) is 6.88. The maximum atomic E-state index is 12.8. The van der Waals surface area contributed by atoms with Gasteiger partial charge in [0, 0.05) is 37.3 Å². The molecule has 2 N–H and O–H groups in total. The maximum absolute atomic E-state index is 12.8. The summed E-state index contributed by atoms with van der Waals surface area (Å²) in [6, 6.07) is 0.249. The summed E-state index contributed by atoms with van der Waals surface area (Å²) in [6.45, 7) is 2.59. The van der Waals surface area contributed by atoms with E-state index in [1.165, 1.54) is 13.2 Å². The van der Waals surface area contributed by atoms with Gasteiger partial charge in [-0.25, -0.2) is 0 Å². The first-order valence-electron chi connectivity index (χ1n) is 6.88. The number of nitrogens with one attached hydrogen (secondary N) is 2. The molecule has 2 heterocycles. The van der Waals surface area contributed by atoms with E-state index in [1.807, 2.05) is 6.92 Å². The Morgan fingerprint density at radius 1 is 1.55 bits per heavy atom. The van der Waals surface area contributed by atoms with Crippen LogP contribution in [0.4, 0.5) is 13.2 Å². The molecule has 126 valence electrons. The van der Waals surface area contributed by atoms with Gasteiger partial charge >= 0.3 is 6.18 Å². The highest BCUT2D eigenvalue weighted by atomic mass is 35.5. The minimum atomic E-state index is -4.51. The van der Waals surface area contributed by atoms with Crippen molar-refractivity contribution < 1.29 is 18.0 Å². The van der Waals surface area contributed by atoms with Gasteiger partial charge in [0.1, 0.15) is 0 Å². The summed E-state index contributed by atoms with van der Waals surface area (Å²) in [7, 11) is 1.43. The van der Waals surface area contributed by atoms with E-state index in [1.54, 1.807) is 0 Å². The number of carbonyl (C=O) groups is 1. The Morgan fingerprint density at radius 2 is 2.23 bits per heavy atom. The number of nitrogens with zero attached hydrogens (tertiary/aromatic N) is 2. The Balaban J connectivity index is 0.00000242. The third kappa shape index (κ3) is 4.61. The van der Waals surface area contributed by atoms with E-state index in [0.29, 0.717) is 12.8 Å². The van der Waals surface area contributed by atoms with E-state index in [0.717, 1.165) is 11.2 Å². The lowest BCUT2D eigenvalue weighted by Gasteiger charge is -2.27. The van der Waals surface area contributed by atoms with E-state index in [2.05, 4.69) is 15.7 Å². The van der Waals surface area contributed by atoms with Crippen LogP contribution < -0.4 is 10.6 Å². The van der Waals surface area contributed by atoms with Gasteiger partial charge in [-0.3, -0.25) is 9.48 Å². The second-order valence-corrected chi connectivity index (χ2v) is 5.47. The monoisotopic (exact) mass is 340 g/mol. The fraction of sp³-hybridized carbons (Fsp3) is 0.692. The van der Waals surface area contributed by atoms with Crippen molar-refractivity contribution in [1.82, 2.24) is 20.4 Å². The standard InChI is InChI=1S/C13H19F3N4O.ClH/c1-8-5-9(3-4-17-8)12(21)18-6-10-7-20(2)19-11(10)13(14,15)16;/h7-9,17H,3-6H2,1-2H3,(H,18,21);1H/t8-,9-;/m0./s1. The van der Waals surface area contributed by atoms with Crippen LogP contribution in [0.25, 0.3) is 0 Å². The highest BCUT2D eigenvalue weighted by molar-refractivity contribution is 5.85. The lowest BCUT2D eigenvalue weighted by atomic mass is 9.92. The minimum absolute atomic E-state index is 0. The van der Waals surface area contributed by atoms with Crippen LogP contribution in [0, 0.1) is 5.92 Å². The van der Waals surface area contributed by atoms with Crippen molar-refractivity contribution in [3.05, 3.63) is 17.5 Å². The number of hydrogen-bond acceptors (Lipinski definition) is 3. The zero-order valence-electron chi connectivity index (χ0n) is 12.4. The molecule has 0 spiro atoms. The Morgan fingerprint density at radius 3 is 2.82 bits per heavy atom. The molecule has 2 atom stereocenters. The molecule has 1 fully saturated rings. The van der Waals surface area contributed by atoms with Gasteiger partial charge in [0.05, 0.1) is 0 Å². The summed E-state index contributed by atoms with van der Waals surface area (Å²) in [5, 5.41) is 9.24. The summed E-state index contributed by atoms with van der Waals surface area (Å²) in [6.07, 6.45) is -1.82. The molecule has 2 rings (SSSR count). The molecule has 9 heteroatoms. The molecular formula is C13H20ClF3N4O. The van der Waals surface area contributed by atoms with Crippen LogP contribution in [0.1, 0.15) is 31.0 Å². The van der Waals surface area contributed by atoms with Gasteiger partial charge in [-0.05, 0) is 26.3 Å². The highest BCUT2D eigenvalue weighted by Crippen LogP contribution is 2.30. The van der Waals surface area contributed by atoms with E-state index >= 15 is 0 Å². The SMILES string of the molecule is C[C@H]1C[C@@H](C(=O)NCc2cn(C)nc2C(F)(F)F)CCN1.Cl. The highest BCUT2D eigenvalue weighted by Gasteiger charge is 2.37. The minimum Gasteiger partial charge on any atom is -0.352 e. The van der Waals surface area contributed by atoms with Crippen molar-refractivity contribution >= 4 is 18.3 Å². The third-order valence-electron chi connectivity index (χ3n) is 3.62. The van der Waals surface area contributed by atoms with Gasteiger partial charge in [-0.15, -0.1) is 12.4 Å². The number of carbonyl (C=O) groups excluding carboxylic acids is 1. The molecule has 1 aliphatic rings. The first kappa shape index (κ1) is 18.8. The van der Waals surface area contributed by atoms with Gasteiger partial charge in [-0.1, -0.05) is 0 Å². The first-order chi connectivity index (χ1) is 9.77. The van der Waals surface area contributed by atoms with Crippen molar-refractivity contribution in [2.75, 3.05) is 6.54 Å². The summed E-state index contributed by atoms with van der Waals surface area (Å²) in [4.78, 5) is 12.0. The molecule has 1 aromatic rings. The number of hydrogen-bond donors (Lipinski definition) is 2. The second kappa shape index (κ2) is 7.32. The topological polar surface area (TPSA) is 59.0 Å². The molecule has 0 saturated carbocycles. The predicted octanol–water partition coefficient (Wildman–Crippen LogP) is 1.86. The number of aryl methyl sites for hydroxylation is 1. The Labute approximate surface area is 133 Å². The predicted molar refractivity (Wildman–Crippen MR) is 77.5 cm³/mol. The van der Waals surface area contributed by atoms with E-state index in [4.69, 9.17) is 0 Å². The number of halogens is 4. The van der Waals surface area contributed by atoms with Crippen molar-refractivity contribution in [2.24, 2.45) is 13.0 Å². The third-order valence-corrected chi connectivity index (χ3v) is 3.62. The van der Waals surface area contributed by atoms with Gasteiger partial charge in [0.25, 0.3) is 0 Å². The van der Waals surface area contributed by atoms with Gasteiger partial charge in [0.15, 0.2) is 5.69 Å². The smallest absolute Gasteiger partial charge is 0.352 e. The molecule has 0 unspecified atom stereocenters. The van der Waals surface area contributed by atoms with Crippen LogP contribution in [0.3, 0.4) is 0 Å². The van der Waals surface area contributed by atoms with Crippen molar-refractivity contribution in [3.63, 3.8) is 0 Å². The quantitative estimate of drug-likeness (QED) is 0.883. The Kier molecular flexibility index (Phi) is 6.25. The van der Waals surface area contributed by atoms with Crippen LogP contribution in [0.2, 0.25) is 0 Å². The lowest BCUT2D eigenvalue weighted by molar-refractivity contribution is -0.142. The summed E-state index contributed by atoms with van der Waals surface area (Å²) < 4.78 is 39.5. The molecule has 1 aromatic heterocycles. The zero-order chi connectivity index (χ0) is 15.6. The molecule has 1 amide bonds. The zero-order valence-corrected chi connectivity index (χ0v) is 13.2. The molecule has 0 aliphatic carbocycles. The average Bonchev–Trinajstić information content (AvgIpc) is 2.77. The molecule has 22 heavy (non-hydrogen) atoms. The van der Waals surface area contributed by atoms with Crippen LogP contribution >= 0.6 is 12.4 Å². The average molecular weight is 341 g/mol. The largest absolute Gasteiger partial charge is 0.435 e. The molecule has 0 radical (unpaired) electrons. The molecule has 5 nitrogen and oxygen atoms in total. The van der Waals surface area contributed by atoms with Crippen LogP contribution in [0.15, 0.2) is 6.20 Å². The molecule has 1 aliphatic heterocycles.